The summed E-state index contributed by atoms with van der Waals surface area (Å²) in [5.74, 6) is -0.419. The highest BCUT2D eigenvalue weighted by molar-refractivity contribution is 8.01. The number of aryl methyl sites for hydroxylation is 1. The number of amides is 2. The highest BCUT2D eigenvalue weighted by Crippen LogP contribution is 2.36. The van der Waals surface area contributed by atoms with Gasteiger partial charge in [-0.3, -0.25) is 9.59 Å². The molecule has 1 unspecified atom stereocenters. The van der Waals surface area contributed by atoms with Gasteiger partial charge in [0.25, 0.3) is 0 Å². The first-order valence-electron chi connectivity index (χ1n) is 6.38. The number of fused-ring (bicyclic) bond motifs is 1. The average molecular weight is 319 g/mol. The number of thioether (sulfide) groups is 1. The van der Waals surface area contributed by atoms with Crippen LogP contribution in [0.25, 0.3) is 0 Å². The number of aromatic nitrogens is 1. The number of para-hydroxylation sites is 1. The lowest BCUT2D eigenvalue weighted by molar-refractivity contribution is -0.122. The minimum Gasteiger partial charge on any atom is -0.327 e. The van der Waals surface area contributed by atoms with Crippen molar-refractivity contribution in [3.63, 3.8) is 0 Å². The molecule has 0 aliphatic carbocycles. The fourth-order valence-corrected chi connectivity index (χ4v) is 3.82. The predicted octanol–water partition coefficient (Wildman–Crippen LogP) is 2.02. The summed E-state index contributed by atoms with van der Waals surface area (Å²) in [6, 6.07) is 7.58. The van der Waals surface area contributed by atoms with Crippen LogP contribution in [-0.2, 0) is 16.6 Å². The third-order valence-electron chi connectivity index (χ3n) is 3.05. The Kier molecular flexibility index (Phi) is 3.94. The Morgan fingerprint density at radius 1 is 1.43 bits per heavy atom. The summed E-state index contributed by atoms with van der Waals surface area (Å²) in [6.45, 7) is 0. The number of hydrogen-bond donors (Lipinski definition) is 1. The van der Waals surface area contributed by atoms with Crippen LogP contribution in [0.1, 0.15) is 6.42 Å². The van der Waals surface area contributed by atoms with Gasteiger partial charge >= 0.3 is 0 Å². The van der Waals surface area contributed by atoms with Gasteiger partial charge in [0.05, 0.1) is 17.4 Å². The second kappa shape index (κ2) is 5.87. The van der Waals surface area contributed by atoms with Crippen LogP contribution in [-0.4, -0.2) is 21.6 Å². The lowest BCUT2D eigenvalue weighted by Gasteiger charge is -2.22. The van der Waals surface area contributed by atoms with Crippen LogP contribution in [0.2, 0.25) is 0 Å². The summed E-state index contributed by atoms with van der Waals surface area (Å²) in [5, 5.41) is 4.27. The van der Waals surface area contributed by atoms with E-state index in [1.807, 2.05) is 42.9 Å². The van der Waals surface area contributed by atoms with Crippen LogP contribution in [0.3, 0.4) is 0 Å². The molecule has 1 aromatic heterocycles. The minimum absolute atomic E-state index is 0.0999. The molecule has 0 spiro atoms. The number of hydrogen-bond acceptors (Lipinski definition) is 4. The first-order valence-corrected chi connectivity index (χ1v) is 8.13. The number of nitrogens with zero attached hydrogens (tertiary/aromatic N) is 2. The first-order chi connectivity index (χ1) is 10.1. The van der Waals surface area contributed by atoms with Gasteiger partial charge in [0.2, 0.25) is 11.8 Å². The van der Waals surface area contributed by atoms with E-state index in [1.165, 1.54) is 23.1 Å². The quantitative estimate of drug-likeness (QED) is 0.921. The zero-order valence-electron chi connectivity index (χ0n) is 11.3. The van der Waals surface area contributed by atoms with Gasteiger partial charge < -0.3 is 9.88 Å². The topological polar surface area (TPSA) is 63.5 Å². The van der Waals surface area contributed by atoms with Crippen LogP contribution in [0.4, 0.5) is 5.69 Å². The molecule has 2 heterocycles. The third-order valence-corrected chi connectivity index (χ3v) is 5.17. The molecular weight excluding hydrogens is 306 g/mol. The molecule has 2 aromatic rings. The predicted molar refractivity (Wildman–Crippen MR) is 83.2 cm³/mol. The summed E-state index contributed by atoms with van der Waals surface area (Å²) in [6.07, 6.45) is 1.94. The monoisotopic (exact) mass is 319 g/mol. The molecule has 1 aliphatic rings. The molecule has 3 rings (SSSR count). The van der Waals surface area contributed by atoms with E-state index < -0.39 is 5.25 Å². The molecule has 1 aromatic carbocycles. The van der Waals surface area contributed by atoms with Gasteiger partial charge in [0, 0.05) is 23.5 Å². The normalized spacial score (nSPS) is 18.2. The SMILES string of the molecule is Cn1ccsc1=NC(=O)CC1Sc2ccccc2NC1=O. The maximum absolute atomic E-state index is 12.0. The van der Waals surface area contributed by atoms with Crippen LogP contribution >= 0.6 is 23.1 Å². The van der Waals surface area contributed by atoms with Gasteiger partial charge in [-0.1, -0.05) is 12.1 Å². The van der Waals surface area contributed by atoms with Crippen molar-refractivity contribution in [1.82, 2.24) is 4.57 Å². The van der Waals surface area contributed by atoms with Gasteiger partial charge in [-0.2, -0.15) is 4.99 Å². The molecule has 21 heavy (non-hydrogen) atoms. The highest BCUT2D eigenvalue weighted by atomic mass is 32.2. The molecule has 0 fully saturated rings. The maximum Gasteiger partial charge on any atom is 0.249 e. The van der Waals surface area contributed by atoms with E-state index >= 15 is 0 Å². The number of carbonyl (C=O) groups is 2. The molecule has 0 saturated carbocycles. The number of anilines is 1. The van der Waals surface area contributed by atoms with Crippen molar-refractivity contribution in [3.05, 3.63) is 40.6 Å². The van der Waals surface area contributed by atoms with E-state index in [2.05, 4.69) is 10.3 Å². The van der Waals surface area contributed by atoms with Crippen molar-refractivity contribution in [3.8, 4) is 0 Å². The molecule has 0 saturated heterocycles. The minimum atomic E-state index is -0.429. The van der Waals surface area contributed by atoms with E-state index in [0.717, 1.165) is 10.6 Å². The van der Waals surface area contributed by atoms with Crippen molar-refractivity contribution in [2.75, 3.05) is 5.32 Å². The van der Waals surface area contributed by atoms with E-state index in [9.17, 15) is 9.59 Å². The van der Waals surface area contributed by atoms with E-state index in [0.29, 0.717) is 4.80 Å². The molecule has 108 valence electrons. The Hall–Kier alpha value is -1.86. The number of nitrogens with one attached hydrogen (secondary N) is 1. The van der Waals surface area contributed by atoms with Crippen LogP contribution in [0.15, 0.2) is 45.7 Å². The second-order valence-corrected chi connectivity index (χ2v) is 6.72. The third kappa shape index (κ3) is 3.08. The molecule has 1 atom stereocenters. The summed E-state index contributed by atoms with van der Waals surface area (Å²) >= 11 is 2.81. The van der Waals surface area contributed by atoms with Crippen molar-refractivity contribution in [2.45, 2.75) is 16.6 Å². The largest absolute Gasteiger partial charge is 0.327 e. The Morgan fingerprint density at radius 3 is 3.00 bits per heavy atom. The van der Waals surface area contributed by atoms with E-state index in [4.69, 9.17) is 0 Å². The Labute approximate surface area is 129 Å². The molecule has 1 N–H and O–H groups in total. The van der Waals surface area contributed by atoms with Crippen molar-refractivity contribution in [1.29, 1.82) is 0 Å². The summed E-state index contributed by atoms with van der Waals surface area (Å²) in [7, 11) is 1.83. The molecule has 0 bridgehead atoms. The van der Waals surface area contributed by atoms with Gasteiger partial charge in [-0.15, -0.1) is 23.1 Å². The van der Waals surface area contributed by atoms with Crippen molar-refractivity contribution in [2.24, 2.45) is 12.0 Å². The lowest BCUT2D eigenvalue weighted by Crippen LogP contribution is -2.31. The molecule has 5 nitrogen and oxygen atoms in total. The molecule has 1 aliphatic heterocycles. The van der Waals surface area contributed by atoms with Crippen molar-refractivity contribution < 1.29 is 9.59 Å². The average Bonchev–Trinajstić information content (AvgIpc) is 2.85. The lowest BCUT2D eigenvalue weighted by atomic mass is 10.2. The summed E-state index contributed by atoms with van der Waals surface area (Å²) < 4.78 is 1.78. The van der Waals surface area contributed by atoms with Crippen LogP contribution in [0, 0.1) is 0 Å². The van der Waals surface area contributed by atoms with E-state index in [-0.39, 0.29) is 18.2 Å². The standard InChI is InChI=1S/C14H13N3O2S2/c1-17-6-7-20-14(17)16-12(18)8-11-13(19)15-9-4-2-3-5-10(9)21-11/h2-7,11H,8H2,1H3,(H,15,19). The van der Waals surface area contributed by atoms with E-state index in [1.54, 1.807) is 4.57 Å². The molecule has 2 amide bonds. The second-order valence-electron chi connectivity index (χ2n) is 4.60. The smallest absolute Gasteiger partial charge is 0.249 e. The maximum atomic E-state index is 12.0. The summed E-state index contributed by atoms with van der Waals surface area (Å²) in [4.78, 5) is 29.7. The fourth-order valence-electron chi connectivity index (χ4n) is 1.97. The Morgan fingerprint density at radius 2 is 2.24 bits per heavy atom. The van der Waals surface area contributed by atoms with Crippen molar-refractivity contribution >= 4 is 40.6 Å². The number of carbonyl (C=O) groups excluding carboxylic acids is 2. The van der Waals surface area contributed by atoms with Gasteiger partial charge in [-0.25, -0.2) is 0 Å². The number of benzene rings is 1. The summed E-state index contributed by atoms with van der Waals surface area (Å²) in [5.41, 5.74) is 0.804. The zero-order valence-corrected chi connectivity index (χ0v) is 12.9. The number of thiazole rings is 1. The first kappa shape index (κ1) is 14.1. The number of rotatable bonds is 2. The van der Waals surface area contributed by atoms with Crippen LogP contribution in [0.5, 0.6) is 0 Å². The Balaban J connectivity index is 1.76. The zero-order chi connectivity index (χ0) is 14.8. The fraction of sp³-hybridized carbons (Fsp3) is 0.214. The van der Waals surface area contributed by atoms with Gasteiger partial charge in [-0.05, 0) is 12.1 Å². The molecule has 0 radical (unpaired) electrons. The highest BCUT2D eigenvalue weighted by Gasteiger charge is 2.28. The molecular formula is C14H13N3O2S2. The van der Waals surface area contributed by atoms with Gasteiger partial charge in [0.15, 0.2) is 4.80 Å². The van der Waals surface area contributed by atoms with Crippen LogP contribution < -0.4 is 10.1 Å². The van der Waals surface area contributed by atoms with Gasteiger partial charge in [0.1, 0.15) is 0 Å². The Bertz CT molecular complexity index is 763. The molecule has 7 heteroatoms.